The van der Waals surface area contributed by atoms with E-state index in [1.165, 1.54) is 44.9 Å². The summed E-state index contributed by atoms with van der Waals surface area (Å²) in [5, 5.41) is 11.3. The molecule has 4 heteroatoms. The lowest BCUT2D eigenvalue weighted by Gasteiger charge is -2.34. The van der Waals surface area contributed by atoms with Gasteiger partial charge >= 0.3 is 0 Å². The molecule has 1 aromatic heterocycles. The normalized spacial score (nSPS) is 29.5. The summed E-state index contributed by atoms with van der Waals surface area (Å²) in [5.74, 6) is 2.83. The van der Waals surface area contributed by atoms with Crippen molar-refractivity contribution in [2.45, 2.75) is 69.6 Å². The third-order valence-electron chi connectivity index (χ3n) is 5.12. The highest BCUT2D eigenvalue weighted by Crippen LogP contribution is 2.35. The van der Waals surface area contributed by atoms with Crippen LogP contribution in [0.5, 0.6) is 0 Å². The van der Waals surface area contributed by atoms with Gasteiger partial charge in [0.25, 0.3) is 0 Å². The first-order valence-corrected chi connectivity index (χ1v) is 7.97. The number of hydrogen-bond donors (Lipinski definition) is 2. The predicted octanol–water partition coefficient (Wildman–Crippen LogP) is 2.88. The Morgan fingerprint density at radius 1 is 1.21 bits per heavy atom. The molecular formula is C15H26N4. The minimum absolute atomic E-state index is 0.168. The Bertz CT molecular complexity index is 400. The zero-order valence-corrected chi connectivity index (χ0v) is 12.0. The van der Waals surface area contributed by atoms with E-state index in [1.807, 2.05) is 0 Å². The quantitative estimate of drug-likeness (QED) is 0.880. The van der Waals surface area contributed by atoms with Gasteiger partial charge in [0.05, 0.1) is 0 Å². The van der Waals surface area contributed by atoms with Gasteiger partial charge in [-0.15, -0.1) is 0 Å². The number of aromatic nitrogens is 3. The lowest BCUT2D eigenvalue weighted by atomic mass is 9.77. The topological polar surface area (TPSA) is 53.6 Å². The zero-order chi connectivity index (χ0) is 13.1. The molecule has 2 fully saturated rings. The van der Waals surface area contributed by atoms with Crippen molar-refractivity contribution in [1.29, 1.82) is 0 Å². The summed E-state index contributed by atoms with van der Waals surface area (Å²) in [6.07, 6.45) is 10.2. The van der Waals surface area contributed by atoms with Crippen LogP contribution >= 0.6 is 0 Å². The average molecular weight is 262 g/mol. The first kappa shape index (κ1) is 13.1. The van der Waals surface area contributed by atoms with E-state index in [1.54, 1.807) is 0 Å². The van der Waals surface area contributed by atoms with Gasteiger partial charge in [0, 0.05) is 17.9 Å². The van der Waals surface area contributed by atoms with Crippen LogP contribution in [0.15, 0.2) is 0 Å². The van der Waals surface area contributed by atoms with Crippen LogP contribution < -0.4 is 5.32 Å². The molecule has 1 saturated heterocycles. The summed E-state index contributed by atoms with van der Waals surface area (Å²) in [5.41, 5.74) is 0.168. The van der Waals surface area contributed by atoms with Gasteiger partial charge < -0.3 is 5.32 Å². The fourth-order valence-electron chi connectivity index (χ4n) is 3.69. The molecule has 1 saturated carbocycles. The van der Waals surface area contributed by atoms with E-state index in [0.29, 0.717) is 5.92 Å². The van der Waals surface area contributed by atoms with Crippen molar-refractivity contribution in [3.63, 3.8) is 0 Å². The third-order valence-corrected chi connectivity index (χ3v) is 5.12. The molecule has 19 heavy (non-hydrogen) atoms. The zero-order valence-electron chi connectivity index (χ0n) is 12.0. The van der Waals surface area contributed by atoms with Gasteiger partial charge in [0.1, 0.15) is 5.82 Å². The van der Waals surface area contributed by atoms with Crippen LogP contribution in [0, 0.1) is 0 Å². The van der Waals surface area contributed by atoms with Crippen molar-refractivity contribution in [3.05, 3.63) is 11.6 Å². The van der Waals surface area contributed by atoms with Gasteiger partial charge in [-0.2, -0.15) is 5.10 Å². The molecule has 1 aromatic rings. The van der Waals surface area contributed by atoms with Crippen LogP contribution in [0.1, 0.15) is 75.9 Å². The van der Waals surface area contributed by atoms with E-state index in [4.69, 9.17) is 4.98 Å². The van der Waals surface area contributed by atoms with Crippen LogP contribution in [0.2, 0.25) is 0 Å². The molecule has 2 N–H and O–H groups in total. The minimum Gasteiger partial charge on any atom is -0.316 e. The number of rotatable bonds is 3. The van der Waals surface area contributed by atoms with Crippen LogP contribution in [0.4, 0.5) is 0 Å². The van der Waals surface area contributed by atoms with Gasteiger partial charge in [0.15, 0.2) is 5.82 Å². The Morgan fingerprint density at radius 3 is 2.74 bits per heavy atom. The largest absolute Gasteiger partial charge is 0.316 e. The van der Waals surface area contributed by atoms with E-state index in [9.17, 15) is 0 Å². The van der Waals surface area contributed by atoms with E-state index in [2.05, 4.69) is 22.4 Å². The van der Waals surface area contributed by atoms with E-state index < -0.39 is 0 Å². The van der Waals surface area contributed by atoms with Crippen molar-refractivity contribution >= 4 is 0 Å². The van der Waals surface area contributed by atoms with Gasteiger partial charge in [-0.25, -0.2) is 4.98 Å². The number of aromatic amines is 1. The number of nitrogens with zero attached hydrogens (tertiary/aromatic N) is 2. The fourth-order valence-corrected chi connectivity index (χ4v) is 3.69. The Kier molecular flexibility index (Phi) is 3.87. The maximum atomic E-state index is 4.89. The van der Waals surface area contributed by atoms with Crippen molar-refractivity contribution in [1.82, 2.24) is 20.5 Å². The van der Waals surface area contributed by atoms with Gasteiger partial charge in [-0.05, 0) is 38.6 Å². The fraction of sp³-hybridized carbons (Fsp3) is 0.867. The summed E-state index contributed by atoms with van der Waals surface area (Å²) in [6.45, 7) is 4.44. The summed E-state index contributed by atoms with van der Waals surface area (Å²) in [4.78, 5) is 4.89. The summed E-state index contributed by atoms with van der Waals surface area (Å²) in [6, 6.07) is 0. The van der Waals surface area contributed by atoms with Crippen LogP contribution in [0.3, 0.4) is 0 Å². The molecule has 4 nitrogen and oxygen atoms in total. The standard InChI is InChI=1S/C15H26N4/c1-2-15(9-6-10-16-11-15)14-17-13(18-19-14)12-7-4-3-5-8-12/h12,16H,2-11H2,1H3,(H,17,18,19). The Labute approximate surface area is 115 Å². The average Bonchev–Trinajstić information content (AvgIpc) is 2.99. The molecular weight excluding hydrogens is 236 g/mol. The van der Waals surface area contributed by atoms with E-state index >= 15 is 0 Å². The van der Waals surface area contributed by atoms with Crippen molar-refractivity contribution < 1.29 is 0 Å². The maximum absolute atomic E-state index is 4.89. The third kappa shape index (κ3) is 2.55. The summed E-state index contributed by atoms with van der Waals surface area (Å²) in [7, 11) is 0. The predicted molar refractivity (Wildman–Crippen MR) is 76.3 cm³/mol. The van der Waals surface area contributed by atoms with Crippen molar-refractivity contribution in [3.8, 4) is 0 Å². The lowest BCUT2D eigenvalue weighted by Crippen LogP contribution is -2.43. The van der Waals surface area contributed by atoms with Crippen molar-refractivity contribution in [2.24, 2.45) is 0 Å². The van der Waals surface area contributed by atoms with E-state index in [-0.39, 0.29) is 5.41 Å². The minimum atomic E-state index is 0.168. The molecule has 3 rings (SSSR count). The molecule has 1 aliphatic heterocycles. The molecule has 0 amide bonds. The molecule has 1 unspecified atom stereocenters. The highest BCUT2D eigenvalue weighted by Gasteiger charge is 2.36. The smallest absolute Gasteiger partial charge is 0.158 e. The first-order valence-electron chi connectivity index (χ1n) is 7.97. The number of hydrogen-bond acceptors (Lipinski definition) is 3. The van der Waals surface area contributed by atoms with E-state index in [0.717, 1.165) is 31.2 Å². The molecule has 0 spiro atoms. The van der Waals surface area contributed by atoms with Crippen LogP contribution in [-0.4, -0.2) is 28.3 Å². The van der Waals surface area contributed by atoms with Crippen molar-refractivity contribution in [2.75, 3.05) is 13.1 Å². The highest BCUT2D eigenvalue weighted by molar-refractivity contribution is 5.12. The lowest BCUT2D eigenvalue weighted by molar-refractivity contribution is 0.288. The molecule has 2 aliphatic rings. The maximum Gasteiger partial charge on any atom is 0.158 e. The summed E-state index contributed by atoms with van der Waals surface area (Å²) >= 11 is 0. The molecule has 0 bridgehead atoms. The highest BCUT2D eigenvalue weighted by atomic mass is 15.2. The molecule has 1 atom stereocenters. The molecule has 2 heterocycles. The Hall–Kier alpha value is -0.900. The SMILES string of the molecule is CCC1(c2n[nH]c(C3CCCCC3)n2)CCCNC1. The molecule has 1 aliphatic carbocycles. The van der Waals surface area contributed by atoms with Crippen LogP contribution in [-0.2, 0) is 5.41 Å². The monoisotopic (exact) mass is 262 g/mol. The molecule has 0 radical (unpaired) electrons. The molecule has 0 aromatic carbocycles. The van der Waals surface area contributed by atoms with Gasteiger partial charge in [0.2, 0.25) is 0 Å². The second-order valence-corrected chi connectivity index (χ2v) is 6.29. The first-order chi connectivity index (χ1) is 9.34. The molecule has 106 valence electrons. The number of H-pyrrole nitrogens is 1. The Balaban J connectivity index is 1.79. The number of piperidine rings is 1. The Morgan fingerprint density at radius 2 is 2.05 bits per heavy atom. The van der Waals surface area contributed by atoms with Gasteiger partial charge in [-0.3, -0.25) is 5.10 Å². The number of nitrogens with one attached hydrogen (secondary N) is 2. The summed E-state index contributed by atoms with van der Waals surface area (Å²) < 4.78 is 0. The van der Waals surface area contributed by atoms with Gasteiger partial charge in [-0.1, -0.05) is 26.2 Å². The second-order valence-electron chi connectivity index (χ2n) is 6.29. The second kappa shape index (κ2) is 5.61. The van der Waals surface area contributed by atoms with Crippen LogP contribution in [0.25, 0.3) is 0 Å².